The molecule has 0 saturated heterocycles. The zero-order valence-corrected chi connectivity index (χ0v) is 9.27. The van der Waals surface area contributed by atoms with Crippen LogP contribution in [0.25, 0.3) is 0 Å². The van der Waals surface area contributed by atoms with Gasteiger partial charge in [0.2, 0.25) is 0 Å². The molecule has 94 valence electrons. The predicted molar refractivity (Wildman–Crippen MR) is 53.0 cm³/mol. The van der Waals surface area contributed by atoms with Crippen molar-refractivity contribution in [3.8, 4) is 5.75 Å². The lowest BCUT2D eigenvalue weighted by atomic mass is 10.0. The number of Topliss-reactive ketones (excluding diaryl/α,β-unsaturated/α-hetero) is 1. The van der Waals surface area contributed by atoms with E-state index in [1.165, 1.54) is 0 Å². The Kier molecular flexibility index (Phi) is 4.34. The Labute approximate surface area is 99.1 Å². The van der Waals surface area contributed by atoms with Gasteiger partial charge >= 0.3 is 6.61 Å². The Balaban J connectivity index is 3.40. The lowest BCUT2D eigenvalue weighted by Crippen LogP contribution is -2.08. The molecule has 0 heterocycles. The SMILES string of the molecule is CC(=O)c1cc(Cl)cc(OC(F)F)c1C(F)F. The van der Waals surface area contributed by atoms with E-state index in [0.717, 1.165) is 19.1 Å². The summed E-state index contributed by atoms with van der Waals surface area (Å²) in [7, 11) is 0. The molecule has 0 bridgehead atoms. The summed E-state index contributed by atoms with van der Waals surface area (Å²) < 4.78 is 53.4. The first-order chi connectivity index (χ1) is 7.82. The van der Waals surface area contributed by atoms with Crippen LogP contribution in [-0.2, 0) is 0 Å². The zero-order chi connectivity index (χ0) is 13.2. The van der Waals surface area contributed by atoms with Crippen molar-refractivity contribution >= 4 is 17.4 Å². The molecule has 0 aliphatic rings. The summed E-state index contributed by atoms with van der Waals surface area (Å²) in [5.41, 5.74) is -1.30. The number of carbonyl (C=O) groups is 1. The van der Waals surface area contributed by atoms with E-state index in [0.29, 0.717) is 0 Å². The maximum atomic E-state index is 12.7. The number of rotatable bonds is 4. The smallest absolute Gasteiger partial charge is 0.387 e. The van der Waals surface area contributed by atoms with Gasteiger partial charge in [-0.05, 0) is 19.1 Å². The van der Waals surface area contributed by atoms with Crippen molar-refractivity contribution in [2.75, 3.05) is 0 Å². The summed E-state index contributed by atoms with van der Waals surface area (Å²) in [4.78, 5) is 11.1. The van der Waals surface area contributed by atoms with Gasteiger partial charge in [0.05, 0.1) is 5.56 Å². The summed E-state index contributed by atoms with van der Waals surface area (Å²) in [5, 5.41) is -0.129. The van der Waals surface area contributed by atoms with Crippen molar-refractivity contribution in [2.24, 2.45) is 0 Å². The number of ketones is 1. The summed E-state index contributed by atoms with van der Waals surface area (Å²) in [6.45, 7) is -2.24. The van der Waals surface area contributed by atoms with Gasteiger partial charge in [0.25, 0.3) is 6.43 Å². The molecule has 0 amide bonds. The number of benzene rings is 1. The maximum Gasteiger partial charge on any atom is 0.387 e. The van der Waals surface area contributed by atoms with Crippen molar-refractivity contribution in [1.82, 2.24) is 0 Å². The molecule has 1 rings (SSSR count). The molecule has 0 N–H and O–H groups in total. The number of ether oxygens (including phenoxy) is 1. The average molecular weight is 271 g/mol. The highest BCUT2D eigenvalue weighted by Gasteiger charge is 2.24. The zero-order valence-electron chi connectivity index (χ0n) is 8.52. The lowest BCUT2D eigenvalue weighted by molar-refractivity contribution is -0.0520. The van der Waals surface area contributed by atoms with E-state index in [1.807, 2.05) is 0 Å². The fraction of sp³-hybridized carbons (Fsp3) is 0.300. The molecule has 0 radical (unpaired) electrons. The maximum absolute atomic E-state index is 12.7. The first-order valence-corrected chi connectivity index (χ1v) is 4.78. The van der Waals surface area contributed by atoms with E-state index < -0.39 is 35.7 Å². The second-order valence-electron chi connectivity index (χ2n) is 3.10. The molecule has 0 spiro atoms. The third-order valence-electron chi connectivity index (χ3n) is 1.92. The first kappa shape index (κ1) is 13.8. The van der Waals surface area contributed by atoms with E-state index in [-0.39, 0.29) is 5.02 Å². The normalized spacial score (nSPS) is 11.1. The fourth-order valence-electron chi connectivity index (χ4n) is 1.30. The summed E-state index contributed by atoms with van der Waals surface area (Å²) in [6.07, 6.45) is -3.11. The Morgan fingerprint density at radius 2 is 1.88 bits per heavy atom. The van der Waals surface area contributed by atoms with Crippen molar-refractivity contribution in [3.63, 3.8) is 0 Å². The standard InChI is InChI=1S/C10H7ClF4O2/c1-4(16)6-2-5(11)3-7(17-10(14)15)8(6)9(12)13/h2-3,9-10H,1H3. The number of carbonyl (C=O) groups excluding carboxylic acids is 1. The highest BCUT2D eigenvalue weighted by Crippen LogP contribution is 2.36. The second-order valence-corrected chi connectivity index (χ2v) is 3.54. The monoisotopic (exact) mass is 270 g/mol. The molecule has 7 heteroatoms. The van der Waals surface area contributed by atoms with Crippen LogP contribution in [0.1, 0.15) is 29.3 Å². The number of hydrogen-bond donors (Lipinski definition) is 0. The highest BCUT2D eigenvalue weighted by atomic mass is 35.5. The molecule has 0 unspecified atom stereocenters. The van der Waals surface area contributed by atoms with E-state index in [1.54, 1.807) is 0 Å². The Hall–Kier alpha value is -1.30. The van der Waals surface area contributed by atoms with Gasteiger partial charge in [-0.25, -0.2) is 8.78 Å². The highest BCUT2D eigenvalue weighted by molar-refractivity contribution is 6.31. The van der Waals surface area contributed by atoms with E-state index in [4.69, 9.17) is 11.6 Å². The molecule has 0 aliphatic carbocycles. The molecule has 1 aromatic carbocycles. The van der Waals surface area contributed by atoms with Crippen LogP contribution >= 0.6 is 11.6 Å². The minimum absolute atomic E-state index is 0.129. The van der Waals surface area contributed by atoms with Crippen LogP contribution in [0.3, 0.4) is 0 Å². The largest absolute Gasteiger partial charge is 0.434 e. The minimum Gasteiger partial charge on any atom is -0.434 e. The molecule has 0 fully saturated rings. The van der Waals surface area contributed by atoms with Crippen molar-refractivity contribution in [2.45, 2.75) is 20.0 Å². The molecule has 2 nitrogen and oxygen atoms in total. The van der Waals surface area contributed by atoms with Gasteiger partial charge in [0, 0.05) is 10.6 Å². The van der Waals surface area contributed by atoms with Gasteiger partial charge in [0.15, 0.2) is 5.78 Å². The van der Waals surface area contributed by atoms with E-state index in [9.17, 15) is 22.4 Å². The van der Waals surface area contributed by atoms with Gasteiger partial charge < -0.3 is 4.74 Å². The predicted octanol–water partition coefficient (Wildman–Crippen LogP) is 4.08. The van der Waals surface area contributed by atoms with Crippen molar-refractivity contribution in [3.05, 3.63) is 28.3 Å². The van der Waals surface area contributed by atoms with Crippen LogP contribution in [0.4, 0.5) is 17.6 Å². The third kappa shape index (κ3) is 3.33. The van der Waals surface area contributed by atoms with Crippen LogP contribution in [0, 0.1) is 0 Å². The quantitative estimate of drug-likeness (QED) is 0.609. The number of hydrogen-bond acceptors (Lipinski definition) is 2. The van der Waals surface area contributed by atoms with Crippen LogP contribution in [0.15, 0.2) is 12.1 Å². The Morgan fingerprint density at radius 1 is 1.29 bits per heavy atom. The number of alkyl halides is 4. The molecule has 0 aromatic heterocycles. The van der Waals surface area contributed by atoms with Crippen LogP contribution < -0.4 is 4.74 Å². The average Bonchev–Trinajstić information content (AvgIpc) is 2.14. The summed E-state index contributed by atoms with van der Waals surface area (Å²) >= 11 is 5.53. The summed E-state index contributed by atoms with van der Waals surface area (Å²) in [5.74, 6) is -1.49. The van der Waals surface area contributed by atoms with Gasteiger partial charge in [-0.1, -0.05) is 11.6 Å². The van der Waals surface area contributed by atoms with Gasteiger partial charge in [-0.2, -0.15) is 8.78 Å². The first-order valence-electron chi connectivity index (χ1n) is 4.40. The van der Waals surface area contributed by atoms with Crippen molar-refractivity contribution < 1.29 is 27.1 Å². The van der Waals surface area contributed by atoms with E-state index >= 15 is 0 Å². The van der Waals surface area contributed by atoms with Crippen LogP contribution in [0.2, 0.25) is 5.02 Å². The molecular formula is C10H7ClF4O2. The molecule has 0 aliphatic heterocycles. The topological polar surface area (TPSA) is 26.3 Å². The van der Waals surface area contributed by atoms with Gasteiger partial charge in [0.1, 0.15) is 5.75 Å². The fourth-order valence-corrected chi connectivity index (χ4v) is 1.51. The van der Waals surface area contributed by atoms with Crippen LogP contribution in [-0.4, -0.2) is 12.4 Å². The Morgan fingerprint density at radius 3 is 2.29 bits per heavy atom. The molecule has 0 atom stereocenters. The van der Waals surface area contributed by atoms with E-state index in [2.05, 4.69) is 4.74 Å². The number of halogens is 5. The van der Waals surface area contributed by atoms with Crippen LogP contribution in [0.5, 0.6) is 5.75 Å². The van der Waals surface area contributed by atoms with Crippen molar-refractivity contribution in [1.29, 1.82) is 0 Å². The Bertz CT molecular complexity index is 435. The molecule has 1 aromatic rings. The van der Waals surface area contributed by atoms with Gasteiger partial charge in [-0.15, -0.1) is 0 Å². The third-order valence-corrected chi connectivity index (χ3v) is 2.14. The molecule has 0 saturated carbocycles. The second kappa shape index (κ2) is 5.35. The lowest BCUT2D eigenvalue weighted by Gasteiger charge is -2.13. The molecular weight excluding hydrogens is 264 g/mol. The minimum atomic E-state index is -3.27. The molecule has 17 heavy (non-hydrogen) atoms. The van der Waals surface area contributed by atoms with Gasteiger partial charge in [-0.3, -0.25) is 4.79 Å². The summed E-state index contributed by atoms with van der Waals surface area (Å²) in [6, 6.07) is 1.81.